The average Bonchev–Trinajstić information content (AvgIpc) is 3.24. The molecule has 0 radical (unpaired) electrons. The Balaban J connectivity index is 3.52. The molecule has 0 heterocycles. The van der Waals surface area contributed by atoms with Gasteiger partial charge in [-0.25, -0.2) is 0 Å². The maximum absolute atomic E-state index is 12.4. The van der Waals surface area contributed by atoms with Crippen LogP contribution in [0.3, 0.4) is 0 Å². The summed E-state index contributed by atoms with van der Waals surface area (Å²) in [5, 5.41) is 23.2. The Morgan fingerprint density at radius 1 is 0.458 bits per heavy atom. The summed E-state index contributed by atoms with van der Waals surface area (Å²) >= 11 is 0. The molecule has 2 unspecified atom stereocenters. The zero-order valence-corrected chi connectivity index (χ0v) is 39.5. The number of carbonyl (C=O) groups is 2. The minimum absolute atomic E-state index is 0.0397. The summed E-state index contributed by atoms with van der Waals surface area (Å²) < 4.78 is 5.44. The number of nitrogens with one attached hydrogen (secondary N) is 1. The van der Waals surface area contributed by atoms with Gasteiger partial charge in [0.15, 0.2) is 0 Å². The van der Waals surface area contributed by atoms with Crippen LogP contribution in [0, 0.1) is 0 Å². The lowest BCUT2D eigenvalue weighted by Gasteiger charge is -2.22. The van der Waals surface area contributed by atoms with Crippen molar-refractivity contribution >= 4 is 11.9 Å². The van der Waals surface area contributed by atoms with Crippen molar-refractivity contribution in [3.8, 4) is 0 Å². The van der Waals surface area contributed by atoms with Crippen molar-refractivity contribution in [2.75, 3.05) is 13.2 Å². The standard InChI is InChI=1S/C53H101NO5/c1-3-5-7-9-11-13-15-17-19-20-22-24-26-31-35-39-43-47-53(58)59-48-44-40-36-32-28-27-30-34-38-42-46-52(57)54-50(49-55)51(56)45-41-37-33-29-25-23-21-18-16-14-12-10-8-6-4-2/h17,19,28,32,50-51,55-56H,3-16,18,20-27,29-31,33-49H2,1-2H3,(H,54,57)/b19-17-,32-28-. The minimum Gasteiger partial charge on any atom is -0.466 e. The van der Waals surface area contributed by atoms with Crippen LogP contribution in [0.25, 0.3) is 0 Å². The largest absolute Gasteiger partial charge is 0.466 e. The van der Waals surface area contributed by atoms with E-state index < -0.39 is 12.1 Å². The molecule has 1 amide bonds. The number of esters is 1. The number of aliphatic hydroxyl groups excluding tert-OH is 2. The molecule has 3 N–H and O–H groups in total. The number of hydrogen-bond acceptors (Lipinski definition) is 5. The highest BCUT2D eigenvalue weighted by Gasteiger charge is 2.20. The molecule has 0 aromatic rings. The zero-order valence-electron chi connectivity index (χ0n) is 39.5. The summed E-state index contributed by atoms with van der Waals surface area (Å²) in [5.41, 5.74) is 0. The zero-order chi connectivity index (χ0) is 43.0. The van der Waals surface area contributed by atoms with Gasteiger partial charge in [-0.05, 0) is 77.0 Å². The first-order chi connectivity index (χ1) is 29.0. The van der Waals surface area contributed by atoms with Gasteiger partial charge in [-0.1, -0.05) is 212 Å². The third kappa shape index (κ3) is 45.7. The molecule has 6 nitrogen and oxygen atoms in total. The van der Waals surface area contributed by atoms with Crippen molar-refractivity contribution in [3.63, 3.8) is 0 Å². The molecule has 0 bridgehead atoms. The Bertz CT molecular complexity index is 920. The molecule has 0 saturated heterocycles. The van der Waals surface area contributed by atoms with E-state index in [1.165, 1.54) is 167 Å². The van der Waals surface area contributed by atoms with Crippen molar-refractivity contribution in [3.05, 3.63) is 24.3 Å². The molecule has 0 rings (SSSR count). The molecule has 0 spiro atoms. The predicted molar refractivity (Wildman–Crippen MR) is 255 cm³/mol. The van der Waals surface area contributed by atoms with Crippen LogP contribution >= 0.6 is 0 Å². The van der Waals surface area contributed by atoms with E-state index in [4.69, 9.17) is 4.74 Å². The summed E-state index contributed by atoms with van der Waals surface area (Å²) in [6.07, 6.45) is 57.2. The van der Waals surface area contributed by atoms with Gasteiger partial charge in [-0.2, -0.15) is 0 Å². The molecule has 0 aliphatic carbocycles. The van der Waals surface area contributed by atoms with E-state index in [-0.39, 0.29) is 18.5 Å². The second-order valence-corrected chi connectivity index (χ2v) is 17.8. The van der Waals surface area contributed by atoms with Gasteiger partial charge < -0.3 is 20.3 Å². The molecule has 0 fully saturated rings. The van der Waals surface area contributed by atoms with Crippen molar-refractivity contribution in [1.82, 2.24) is 5.32 Å². The van der Waals surface area contributed by atoms with E-state index >= 15 is 0 Å². The van der Waals surface area contributed by atoms with Gasteiger partial charge in [0.1, 0.15) is 0 Å². The van der Waals surface area contributed by atoms with Gasteiger partial charge in [-0.15, -0.1) is 0 Å². The lowest BCUT2D eigenvalue weighted by molar-refractivity contribution is -0.143. The summed E-state index contributed by atoms with van der Waals surface area (Å²) in [6.45, 7) is 4.86. The number of allylic oxidation sites excluding steroid dienone is 4. The van der Waals surface area contributed by atoms with Gasteiger partial charge in [0.25, 0.3) is 0 Å². The Kier molecular flexibility index (Phi) is 47.6. The highest BCUT2D eigenvalue weighted by atomic mass is 16.5. The molecule has 0 aliphatic heterocycles. The van der Waals surface area contributed by atoms with E-state index in [9.17, 15) is 19.8 Å². The molecule has 0 aliphatic rings. The first-order valence-corrected chi connectivity index (χ1v) is 26.1. The smallest absolute Gasteiger partial charge is 0.305 e. The van der Waals surface area contributed by atoms with Crippen LogP contribution in [0.2, 0.25) is 0 Å². The molecule has 6 heteroatoms. The molecule has 2 atom stereocenters. The van der Waals surface area contributed by atoms with Gasteiger partial charge in [-0.3, -0.25) is 9.59 Å². The Morgan fingerprint density at radius 3 is 1.20 bits per heavy atom. The molecule has 0 aromatic carbocycles. The van der Waals surface area contributed by atoms with E-state index in [1.54, 1.807) is 0 Å². The summed E-state index contributed by atoms with van der Waals surface area (Å²) in [7, 11) is 0. The van der Waals surface area contributed by atoms with Crippen LogP contribution < -0.4 is 5.32 Å². The van der Waals surface area contributed by atoms with Gasteiger partial charge in [0.2, 0.25) is 5.91 Å². The highest BCUT2D eigenvalue weighted by molar-refractivity contribution is 5.76. The molecule has 0 saturated carbocycles. The van der Waals surface area contributed by atoms with Crippen LogP contribution in [0.4, 0.5) is 0 Å². The van der Waals surface area contributed by atoms with E-state index in [1.807, 2.05) is 0 Å². The third-order valence-corrected chi connectivity index (χ3v) is 12.0. The number of hydrogen-bond donors (Lipinski definition) is 3. The number of carbonyl (C=O) groups excluding carboxylic acids is 2. The topological polar surface area (TPSA) is 95.9 Å². The Labute approximate surface area is 367 Å². The van der Waals surface area contributed by atoms with E-state index in [0.717, 1.165) is 77.0 Å². The molecule has 348 valence electrons. The van der Waals surface area contributed by atoms with Gasteiger partial charge in [0, 0.05) is 12.8 Å². The Morgan fingerprint density at radius 2 is 0.797 bits per heavy atom. The van der Waals surface area contributed by atoms with Crippen molar-refractivity contribution in [2.45, 2.75) is 289 Å². The molecular formula is C53H101NO5. The van der Waals surface area contributed by atoms with Crippen molar-refractivity contribution in [1.29, 1.82) is 0 Å². The fourth-order valence-electron chi connectivity index (χ4n) is 7.92. The lowest BCUT2D eigenvalue weighted by Crippen LogP contribution is -2.45. The molecule has 0 aromatic heterocycles. The third-order valence-electron chi connectivity index (χ3n) is 12.0. The summed E-state index contributed by atoms with van der Waals surface area (Å²) in [4.78, 5) is 24.5. The maximum Gasteiger partial charge on any atom is 0.305 e. The van der Waals surface area contributed by atoms with Gasteiger partial charge in [0.05, 0.1) is 25.4 Å². The van der Waals surface area contributed by atoms with Crippen LogP contribution in [0.5, 0.6) is 0 Å². The second kappa shape index (κ2) is 49.0. The highest BCUT2D eigenvalue weighted by Crippen LogP contribution is 2.16. The first kappa shape index (κ1) is 57.3. The monoisotopic (exact) mass is 832 g/mol. The predicted octanol–water partition coefficient (Wildman–Crippen LogP) is 15.5. The minimum atomic E-state index is -0.685. The molecular weight excluding hydrogens is 731 g/mol. The number of ether oxygens (including phenoxy) is 1. The maximum atomic E-state index is 12.4. The van der Waals surface area contributed by atoms with Crippen LogP contribution in [-0.4, -0.2) is 47.4 Å². The average molecular weight is 832 g/mol. The SMILES string of the molecule is CCCCCCCC/C=C\CCCCCCCCCC(=O)OCCCC/C=C\CCCCCCC(=O)NC(CO)C(O)CCCCCCCCCCCCCCCCC. The molecule has 59 heavy (non-hydrogen) atoms. The fourth-order valence-corrected chi connectivity index (χ4v) is 7.92. The van der Waals surface area contributed by atoms with Crippen LogP contribution in [-0.2, 0) is 14.3 Å². The number of amides is 1. The second-order valence-electron chi connectivity index (χ2n) is 17.8. The fraction of sp³-hybridized carbons (Fsp3) is 0.887. The van der Waals surface area contributed by atoms with E-state index in [2.05, 4.69) is 43.5 Å². The van der Waals surface area contributed by atoms with Crippen molar-refractivity contribution < 1.29 is 24.5 Å². The lowest BCUT2D eigenvalue weighted by atomic mass is 10.0. The number of aliphatic hydroxyl groups is 2. The number of rotatable bonds is 48. The quantitative estimate of drug-likeness (QED) is 0.0322. The first-order valence-electron chi connectivity index (χ1n) is 26.1. The van der Waals surface area contributed by atoms with Crippen molar-refractivity contribution in [2.24, 2.45) is 0 Å². The number of unbranched alkanes of at least 4 members (excludes halogenated alkanes) is 33. The normalized spacial score (nSPS) is 12.8. The summed E-state index contributed by atoms with van der Waals surface area (Å²) in [6, 6.07) is -0.566. The van der Waals surface area contributed by atoms with Gasteiger partial charge >= 0.3 is 5.97 Å². The van der Waals surface area contributed by atoms with Crippen LogP contribution in [0.15, 0.2) is 24.3 Å². The van der Waals surface area contributed by atoms with E-state index in [0.29, 0.717) is 25.9 Å². The Hall–Kier alpha value is -1.66. The van der Waals surface area contributed by atoms with Crippen LogP contribution in [0.1, 0.15) is 277 Å². The summed E-state index contributed by atoms with van der Waals surface area (Å²) in [5.74, 6) is -0.110.